The lowest BCUT2D eigenvalue weighted by molar-refractivity contribution is -0.128. The molecular formula is C17H16Cl2FNO2. The van der Waals surface area contributed by atoms with Crippen LogP contribution in [-0.4, -0.2) is 12.0 Å². The van der Waals surface area contributed by atoms with Crippen molar-refractivity contribution in [2.24, 2.45) is 0 Å². The fraction of sp³-hybridized carbons (Fsp3) is 0.235. The molecule has 1 atom stereocenters. The SMILES string of the molecule is CCC(Oc1ccc(Cl)cc1Cl)C(=O)NCc1ccccc1F. The number of halogens is 3. The minimum atomic E-state index is -0.722. The maximum Gasteiger partial charge on any atom is 0.261 e. The zero-order chi connectivity index (χ0) is 16.8. The van der Waals surface area contributed by atoms with Gasteiger partial charge in [-0.1, -0.05) is 48.3 Å². The number of benzene rings is 2. The van der Waals surface area contributed by atoms with Crippen molar-refractivity contribution in [3.05, 3.63) is 63.9 Å². The van der Waals surface area contributed by atoms with E-state index in [0.29, 0.717) is 27.8 Å². The van der Waals surface area contributed by atoms with Gasteiger partial charge in [-0.05, 0) is 30.7 Å². The van der Waals surface area contributed by atoms with Crippen LogP contribution >= 0.6 is 23.2 Å². The summed E-state index contributed by atoms with van der Waals surface area (Å²) in [6.45, 7) is 1.91. The molecule has 0 aliphatic carbocycles. The third kappa shape index (κ3) is 4.85. The highest BCUT2D eigenvalue weighted by Gasteiger charge is 2.19. The first-order valence-electron chi connectivity index (χ1n) is 7.14. The van der Waals surface area contributed by atoms with Crippen LogP contribution in [-0.2, 0) is 11.3 Å². The standard InChI is InChI=1S/C17H16Cl2FNO2/c1-2-15(23-16-8-7-12(18)9-13(16)19)17(22)21-10-11-5-3-4-6-14(11)20/h3-9,15H,2,10H2,1H3,(H,21,22). The van der Waals surface area contributed by atoms with Gasteiger partial charge in [-0.3, -0.25) is 4.79 Å². The fourth-order valence-electron chi connectivity index (χ4n) is 1.98. The molecule has 0 spiro atoms. The van der Waals surface area contributed by atoms with E-state index in [1.807, 2.05) is 6.92 Å². The third-order valence-corrected chi connectivity index (χ3v) is 3.77. The van der Waals surface area contributed by atoms with E-state index >= 15 is 0 Å². The molecule has 0 bridgehead atoms. The molecule has 6 heteroatoms. The molecule has 1 unspecified atom stereocenters. The molecule has 0 saturated carbocycles. The first-order chi connectivity index (χ1) is 11.0. The molecule has 0 heterocycles. The molecule has 2 rings (SSSR count). The normalized spacial score (nSPS) is 11.8. The van der Waals surface area contributed by atoms with E-state index in [1.54, 1.807) is 36.4 Å². The van der Waals surface area contributed by atoms with Crippen LogP contribution in [0.15, 0.2) is 42.5 Å². The topological polar surface area (TPSA) is 38.3 Å². The molecule has 0 radical (unpaired) electrons. The van der Waals surface area contributed by atoms with Gasteiger partial charge in [-0.2, -0.15) is 0 Å². The van der Waals surface area contributed by atoms with Crippen LogP contribution in [0.2, 0.25) is 10.0 Å². The largest absolute Gasteiger partial charge is 0.479 e. The van der Waals surface area contributed by atoms with E-state index in [9.17, 15) is 9.18 Å². The lowest BCUT2D eigenvalue weighted by Crippen LogP contribution is -2.37. The Morgan fingerprint density at radius 1 is 1.26 bits per heavy atom. The Bertz CT molecular complexity index is 694. The second kappa shape index (κ2) is 8.18. The van der Waals surface area contributed by atoms with Gasteiger partial charge >= 0.3 is 0 Å². The first-order valence-corrected chi connectivity index (χ1v) is 7.89. The highest BCUT2D eigenvalue weighted by molar-refractivity contribution is 6.35. The Kier molecular flexibility index (Phi) is 6.25. The number of rotatable bonds is 6. The van der Waals surface area contributed by atoms with Crippen LogP contribution in [0.1, 0.15) is 18.9 Å². The highest BCUT2D eigenvalue weighted by atomic mass is 35.5. The van der Waals surface area contributed by atoms with E-state index in [0.717, 1.165) is 0 Å². The molecule has 2 aromatic carbocycles. The van der Waals surface area contributed by atoms with Gasteiger partial charge in [0.1, 0.15) is 11.6 Å². The summed E-state index contributed by atoms with van der Waals surface area (Å²) in [5.74, 6) is -0.312. The van der Waals surface area contributed by atoms with Crippen molar-refractivity contribution >= 4 is 29.1 Å². The van der Waals surface area contributed by atoms with Crippen LogP contribution in [0.5, 0.6) is 5.75 Å². The number of hydrogen-bond donors (Lipinski definition) is 1. The predicted molar refractivity (Wildman–Crippen MR) is 89.4 cm³/mol. The second-order valence-electron chi connectivity index (χ2n) is 4.90. The van der Waals surface area contributed by atoms with E-state index in [4.69, 9.17) is 27.9 Å². The summed E-state index contributed by atoms with van der Waals surface area (Å²) in [4.78, 5) is 12.2. The average molecular weight is 356 g/mol. The van der Waals surface area contributed by atoms with Crippen molar-refractivity contribution in [2.45, 2.75) is 26.0 Å². The summed E-state index contributed by atoms with van der Waals surface area (Å²) in [6.07, 6.45) is -0.275. The van der Waals surface area contributed by atoms with Crippen molar-refractivity contribution in [1.29, 1.82) is 0 Å². The van der Waals surface area contributed by atoms with Gasteiger partial charge in [0.2, 0.25) is 0 Å². The number of nitrogens with one attached hydrogen (secondary N) is 1. The Labute approximate surface area is 144 Å². The van der Waals surface area contributed by atoms with Crippen molar-refractivity contribution in [2.75, 3.05) is 0 Å². The smallest absolute Gasteiger partial charge is 0.261 e. The van der Waals surface area contributed by atoms with Crippen molar-refractivity contribution in [1.82, 2.24) is 5.32 Å². The minimum Gasteiger partial charge on any atom is -0.479 e. The Morgan fingerprint density at radius 2 is 2.00 bits per heavy atom. The maximum absolute atomic E-state index is 13.5. The average Bonchev–Trinajstić information content (AvgIpc) is 2.53. The monoisotopic (exact) mass is 355 g/mol. The second-order valence-corrected chi connectivity index (χ2v) is 5.74. The Hall–Kier alpha value is -1.78. The molecule has 23 heavy (non-hydrogen) atoms. The van der Waals surface area contributed by atoms with E-state index in [1.165, 1.54) is 6.07 Å². The van der Waals surface area contributed by atoms with Gasteiger partial charge < -0.3 is 10.1 Å². The molecular weight excluding hydrogens is 340 g/mol. The van der Waals surface area contributed by atoms with E-state index in [-0.39, 0.29) is 18.3 Å². The molecule has 0 aliphatic heterocycles. The van der Waals surface area contributed by atoms with Gasteiger partial charge in [-0.25, -0.2) is 4.39 Å². The van der Waals surface area contributed by atoms with Crippen molar-refractivity contribution in [3.8, 4) is 5.75 Å². The summed E-state index contributed by atoms with van der Waals surface area (Å²) >= 11 is 11.9. The van der Waals surface area contributed by atoms with Gasteiger partial charge in [-0.15, -0.1) is 0 Å². The minimum absolute atomic E-state index is 0.0969. The van der Waals surface area contributed by atoms with Crippen LogP contribution in [0, 0.1) is 5.82 Å². The summed E-state index contributed by atoms with van der Waals surface area (Å²) in [6, 6.07) is 11.1. The predicted octanol–water partition coefficient (Wildman–Crippen LogP) is 4.61. The van der Waals surface area contributed by atoms with E-state index in [2.05, 4.69) is 5.32 Å². The van der Waals surface area contributed by atoms with Crippen LogP contribution in [0.4, 0.5) is 4.39 Å². The molecule has 3 nitrogen and oxygen atoms in total. The molecule has 0 saturated heterocycles. The van der Waals surface area contributed by atoms with E-state index < -0.39 is 6.10 Å². The lowest BCUT2D eigenvalue weighted by Gasteiger charge is -2.18. The number of carbonyl (C=O) groups excluding carboxylic acids is 1. The number of hydrogen-bond acceptors (Lipinski definition) is 2. The zero-order valence-corrected chi connectivity index (χ0v) is 14.0. The molecule has 0 aromatic heterocycles. The summed E-state index contributed by atoms with van der Waals surface area (Å²) < 4.78 is 19.2. The summed E-state index contributed by atoms with van der Waals surface area (Å²) in [5.41, 5.74) is 0.417. The van der Waals surface area contributed by atoms with Crippen LogP contribution < -0.4 is 10.1 Å². The Morgan fingerprint density at radius 3 is 2.65 bits per heavy atom. The molecule has 0 aliphatic rings. The quantitative estimate of drug-likeness (QED) is 0.821. The van der Waals surface area contributed by atoms with Gasteiger partial charge in [0.25, 0.3) is 5.91 Å². The van der Waals surface area contributed by atoms with Crippen LogP contribution in [0.3, 0.4) is 0 Å². The zero-order valence-electron chi connectivity index (χ0n) is 12.5. The van der Waals surface area contributed by atoms with Crippen LogP contribution in [0.25, 0.3) is 0 Å². The first kappa shape index (κ1) is 17.6. The number of amides is 1. The molecule has 2 aromatic rings. The highest BCUT2D eigenvalue weighted by Crippen LogP contribution is 2.28. The number of ether oxygens (including phenoxy) is 1. The molecule has 122 valence electrons. The molecule has 1 amide bonds. The van der Waals surface area contributed by atoms with Gasteiger partial charge in [0.15, 0.2) is 6.10 Å². The molecule has 1 N–H and O–H groups in total. The van der Waals surface area contributed by atoms with Crippen molar-refractivity contribution < 1.29 is 13.9 Å². The third-order valence-electron chi connectivity index (χ3n) is 3.24. The maximum atomic E-state index is 13.5. The van der Waals surface area contributed by atoms with Gasteiger partial charge in [0, 0.05) is 17.1 Å². The lowest BCUT2D eigenvalue weighted by atomic mass is 10.2. The van der Waals surface area contributed by atoms with Crippen molar-refractivity contribution in [3.63, 3.8) is 0 Å². The molecule has 0 fully saturated rings. The van der Waals surface area contributed by atoms with Gasteiger partial charge in [0.05, 0.1) is 5.02 Å². The Balaban J connectivity index is 2.00. The fourth-order valence-corrected chi connectivity index (χ4v) is 2.44. The number of carbonyl (C=O) groups is 1. The summed E-state index contributed by atoms with van der Waals surface area (Å²) in [7, 11) is 0. The summed E-state index contributed by atoms with van der Waals surface area (Å²) in [5, 5.41) is 3.49.